The van der Waals surface area contributed by atoms with Crippen LogP contribution in [0.3, 0.4) is 0 Å². The van der Waals surface area contributed by atoms with E-state index in [9.17, 15) is 9.59 Å². The molecule has 4 nitrogen and oxygen atoms in total. The van der Waals surface area contributed by atoms with Gasteiger partial charge in [0.05, 0.1) is 4.88 Å². The fraction of sp³-hybridized carbons (Fsp3) is 0.222. The molecule has 0 aliphatic carbocycles. The topological polar surface area (TPSA) is 49.4 Å². The average molecular weight is 328 g/mol. The summed E-state index contributed by atoms with van der Waals surface area (Å²) in [4.78, 5) is 27.0. The van der Waals surface area contributed by atoms with E-state index in [0.29, 0.717) is 29.2 Å². The molecular formula is C18H20N2O2S. The first-order chi connectivity index (χ1) is 11.0. The van der Waals surface area contributed by atoms with Crippen LogP contribution in [0.4, 0.5) is 5.69 Å². The van der Waals surface area contributed by atoms with Gasteiger partial charge in [-0.2, -0.15) is 0 Å². The van der Waals surface area contributed by atoms with Gasteiger partial charge in [-0.25, -0.2) is 0 Å². The normalized spacial score (nSPS) is 10.2. The molecule has 0 aliphatic heterocycles. The molecule has 1 aromatic heterocycles. The van der Waals surface area contributed by atoms with Crippen LogP contribution >= 0.6 is 11.3 Å². The second-order valence-corrected chi connectivity index (χ2v) is 6.24. The first kappa shape index (κ1) is 17.0. The molecule has 0 spiro atoms. The van der Waals surface area contributed by atoms with Crippen LogP contribution < -0.4 is 5.32 Å². The fourth-order valence-electron chi connectivity index (χ4n) is 2.17. The van der Waals surface area contributed by atoms with Crippen molar-refractivity contribution < 1.29 is 9.59 Å². The number of hydrogen-bond acceptors (Lipinski definition) is 3. The second-order valence-electron chi connectivity index (χ2n) is 5.29. The average Bonchev–Trinajstić information content (AvgIpc) is 3.06. The Balaban J connectivity index is 2.14. The molecule has 1 aromatic carbocycles. The first-order valence-electron chi connectivity index (χ1n) is 7.40. The van der Waals surface area contributed by atoms with E-state index >= 15 is 0 Å². The first-order valence-corrected chi connectivity index (χ1v) is 8.27. The number of hydrogen-bond donors (Lipinski definition) is 1. The summed E-state index contributed by atoms with van der Waals surface area (Å²) in [6.07, 6.45) is 0. The lowest BCUT2D eigenvalue weighted by Crippen LogP contribution is -2.32. The van der Waals surface area contributed by atoms with Gasteiger partial charge in [-0.3, -0.25) is 9.59 Å². The van der Waals surface area contributed by atoms with Crippen molar-refractivity contribution in [3.8, 4) is 0 Å². The number of benzene rings is 1. The summed E-state index contributed by atoms with van der Waals surface area (Å²) in [5, 5.41) is 4.67. The molecule has 0 aliphatic rings. The molecule has 5 heteroatoms. The molecule has 0 atom stereocenters. The third-order valence-corrected chi connectivity index (χ3v) is 4.11. The zero-order chi connectivity index (χ0) is 16.8. The van der Waals surface area contributed by atoms with E-state index in [2.05, 4.69) is 11.9 Å². The molecule has 0 bridgehead atoms. The Kier molecular flexibility index (Phi) is 5.71. The minimum absolute atomic E-state index is 0.0669. The van der Waals surface area contributed by atoms with Crippen LogP contribution in [-0.4, -0.2) is 29.8 Å². The predicted molar refractivity (Wildman–Crippen MR) is 95.1 cm³/mol. The molecule has 1 heterocycles. The van der Waals surface area contributed by atoms with E-state index in [1.807, 2.05) is 25.3 Å². The number of nitrogens with one attached hydrogen (secondary N) is 1. The van der Waals surface area contributed by atoms with Crippen LogP contribution in [0.1, 0.15) is 33.9 Å². The van der Waals surface area contributed by atoms with Gasteiger partial charge in [0.1, 0.15) is 0 Å². The molecule has 2 amide bonds. The van der Waals surface area contributed by atoms with Crippen LogP contribution in [0.5, 0.6) is 0 Å². The van der Waals surface area contributed by atoms with Crippen molar-refractivity contribution in [1.82, 2.24) is 4.90 Å². The Morgan fingerprint density at radius 1 is 1.26 bits per heavy atom. The fourth-order valence-corrected chi connectivity index (χ4v) is 2.78. The summed E-state index contributed by atoms with van der Waals surface area (Å²) >= 11 is 1.38. The second kappa shape index (κ2) is 7.74. The predicted octanol–water partition coefficient (Wildman–Crippen LogP) is 4.04. The number of carbonyl (C=O) groups excluding carboxylic acids is 2. The van der Waals surface area contributed by atoms with Crippen molar-refractivity contribution in [2.45, 2.75) is 13.8 Å². The van der Waals surface area contributed by atoms with Crippen LogP contribution in [-0.2, 0) is 0 Å². The molecule has 120 valence electrons. The summed E-state index contributed by atoms with van der Waals surface area (Å²) in [6.45, 7) is 8.82. The molecule has 0 unspecified atom stereocenters. The zero-order valence-electron chi connectivity index (χ0n) is 13.3. The summed E-state index contributed by atoms with van der Waals surface area (Å²) in [7, 11) is 0. The van der Waals surface area contributed by atoms with Gasteiger partial charge in [0.2, 0.25) is 0 Å². The van der Waals surface area contributed by atoms with E-state index in [1.54, 1.807) is 35.2 Å². The Bertz CT molecular complexity index is 708. The molecule has 0 saturated heterocycles. The van der Waals surface area contributed by atoms with E-state index in [0.717, 1.165) is 5.57 Å². The van der Waals surface area contributed by atoms with Gasteiger partial charge in [-0.1, -0.05) is 24.3 Å². The van der Waals surface area contributed by atoms with E-state index in [1.165, 1.54) is 11.3 Å². The molecule has 1 N–H and O–H groups in total. The Labute approximate surface area is 140 Å². The minimum Gasteiger partial charge on any atom is -0.335 e. The van der Waals surface area contributed by atoms with Gasteiger partial charge >= 0.3 is 0 Å². The smallest absolute Gasteiger partial charge is 0.265 e. The molecular weight excluding hydrogens is 308 g/mol. The Morgan fingerprint density at radius 3 is 2.65 bits per heavy atom. The van der Waals surface area contributed by atoms with Gasteiger partial charge in [-0.05, 0) is 43.5 Å². The van der Waals surface area contributed by atoms with Gasteiger partial charge in [0.25, 0.3) is 11.8 Å². The van der Waals surface area contributed by atoms with E-state index in [4.69, 9.17) is 0 Å². The van der Waals surface area contributed by atoms with Gasteiger partial charge in [0, 0.05) is 24.3 Å². The summed E-state index contributed by atoms with van der Waals surface area (Å²) in [5.74, 6) is -0.235. The monoisotopic (exact) mass is 328 g/mol. The van der Waals surface area contributed by atoms with Gasteiger partial charge < -0.3 is 10.2 Å². The molecule has 0 fully saturated rings. The van der Waals surface area contributed by atoms with Crippen molar-refractivity contribution in [3.05, 3.63) is 64.4 Å². The highest BCUT2D eigenvalue weighted by Crippen LogP contribution is 2.16. The summed E-state index contributed by atoms with van der Waals surface area (Å²) in [6, 6.07) is 10.6. The maximum Gasteiger partial charge on any atom is 0.265 e. The third kappa shape index (κ3) is 4.53. The lowest BCUT2D eigenvalue weighted by Gasteiger charge is -2.21. The summed E-state index contributed by atoms with van der Waals surface area (Å²) < 4.78 is 0. The van der Waals surface area contributed by atoms with E-state index < -0.39 is 0 Å². The van der Waals surface area contributed by atoms with Gasteiger partial charge in [0.15, 0.2) is 0 Å². The highest BCUT2D eigenvalue weighted by Gasteiger charge is 2.15. The van der Waals surface area contributed by atoms with Crippen molar-refractivity contribution in [2.24, 2.45) is 0 Å². The number of carbonyl (C=O) groups is 2. The SMILES string of the molecule is C=C(C)CN(CC)C(=O)c1cccc(NC(=O)c2cccs2)c1. The lowest BCUT2D eigenvalue weighted by atomic mass is 10.1. The molecule has 0 saturated carbocycles. The van der Waals surface area contributed by atoms with Crippen molar-refractivity contribution in [1.29, 1.82) is 0 Å². The number of thiophene rings is 1. The van der Waals surface area contributed by atoms with Crippen LogP contribution in [0.2, 0.25) is 0 Å². The van der Waals surface area contributed by atoms with Crippen LogP contribution in [0, 0.1) is 0 Å². The maximum absolute atomic E-state index is 12.6. The van der Waals surface area contributed by atoms with E-state index in [-0.39, 0.29) is 11.8 Å². The number of anilines is 1. The standard InChI is InChI=1S/C18H20N2O2S/c1-4-20(12-13(2)3)18(22)14-7-5-8-15(11-14)19-17(21)16-9-6-10-23-16/h5-11H,2,4,12H2,1,3H3,(H,19,21). The Hall–Kier alpha value is -2.40. The zero-order valence-corrected chi connectivity index (χ0v) is 14.2. The van der Waals surface area contributed by atoms with Gasteiger partial charge in [-0.15, -0.1) is 11.3 Å². The van der Waals surface area contributed by atoms with Crippen molar-refractivity contribution in [2.75, 3.05) is 18.4 Å². The van der Waals surface area contributed by atoms with Crippen molar-refractivity contribution >= 4 is 28.8 Å². The maximum atomic E-state index is 12.6. The minimum atomic E-state index is -0.168. The third-order valence-electron chi connectivity index (χ3n) is 3.24. The molecule has 2 aromatic rings. The molecule has 2 rings (SSSR count). The molecule has 0 radical (unpaired) electrons. The van der Waals surface area contributed by atoms with Crippen LogP contribution in [0.25, 0.3) is 0 Å². The quantitative estimate of drug-likeness (QED) is 0.814. The van der Waals surface area contributed by atoms with Crippen molar-refractivity contribution in [3.63, 3.8) is 0 Å². The molecule has 23 heavy (non-hydrogen) atoms. The highest BCUT2D eigenvalue weighted by atomic mass is 32.1. The highest BCUT2D eigenvalue weighted by molar-refractivity contribution is 7.12. The number of amides is 2. The summed E-state index contributed by atoms with van der Waals surface area (Å²) in [5.41, 5.74) is 2.10. The Morgan fingerprint density at radius 2 is 2.04 bits per heavy atom. The van der Waals surface area contributed by atoms with Crippen LogP contribution in [0.15, 0.2) is 53.9 Å². The number of rotatable bonds is 6. The number of nitrogens with zero attached hydrogens (tertiary/aromatic N) is 1. The lowest BCUT2D eigenvalue weighted by molar-refractivity contribution is 0.0778. The largest absolute Gasteiger partial charge is 0.335 e. The number of likely N-dealkylation sites (N-methyl/N-ethyl adjacent to an activating group) is 1.